The first kappa shape index (κ1) is 14.9. The van der Waals surface area contributed by atoms with Gasteiger partial charge in [-0.2, -0.15) is 0 Å². The molecule has 0 aliphatic heterocycles. The van der Waals surface area contributed by atoms with Gasteiger partial charge in [0.2, 0.25) is 5.91 Å². The average Bonchev–Trinajstić information content (AvgIpc) is 2.47. The minimum absolute atomic E-state index is 0.0000406. The number of amides is 1. The number of aromatic nitrogens is 1. The van der Waals surface area contributed by atoms with Crippen molar-refractivity contribution < 1.29 is 9.53 Å². The van der Waals surface area contributed by atoms with E-state index in [1.54, 1.807) is 13.3 Å². The van der Waals surface area contributed by atoms with E-state index in [-0.39, 0.29) is 5.91 Å². The molecule has 0 aliphatic carbocycles. The molecule has 20 heavy (non-hydrogen) atoms. The summed E-state index contributed by atoms with van der Waals surface area (Å²) in [5, 5.41) is 4.93. The van der Waals surface area contributed by atoms with Crippen LogP contribution < -0.4 is 5.32 Å². The number of pyridine rings is 1. The van der Waals surface area contributed by atoms with Crippen molar-refractivity contribution >= 4 is 38.3 Å². The van der Waals surface area contributed by atoms with Gasteiger partial charge in [0.25, 0.3) is 0 Å². The molecule has 1 heterocycles. The molecule has 1 amide bonds. The molecule has 0 spiro atoms. The number of ether oxygens (including phenoxy) is 1. The van der Waals surface area contributed by atoms with Gasteiger partial charge in [0.05, 0.1) is 5.69 Å². The fourth-order valence-corrected chi connectivity index (χ4v) is 2.41. The zero-order valence-electron chi connectivity index (χ0n) is 11.4. The van der Waals surface area contributed by atoms with E-state index in [1.165, 1.54) is 0 Å². The van der Waals surface area contributed by atoms with Crippen LogP contribution >= 0.6 is 15.9 Å². The van der Waals surface area contributed by atoms with Gasteiger partial charge in [-0.1, -0.05) is 24.3 Å². The summed E-state index contributed by atoms with van der Waals surface area (Å²) in [5.41, 5.74) is 0.736. The zero-order valence-corrected chi connectivity index (χ0v) is 12.9. The molecule has 0 saturated carbocycles. The maximum atomic E-state index is 12.0. The fourth-order valence-electron chi connectivity index (χ4n) is 1.99. The Labute approximate surface area is 126 Å². The van der Waals surface area contributed by atoms with E-state index in [2.05, 4.69) is 26.2 Å². The summed E-state index contributed by atoms with van der Waals surface area (Å²) in [6, 6.07) is 7.85. The van der Waals surface area contributed by atoms with Gasteiger partial charge in [-0.05, 0) is 28.8 Å². The molecular formula is C15H17BrN2O2. The van der Waals surface area contributed by atoms with Crippen molar-refractivity contribution in [3.8, 4) is 0 Å². The Balaban J connectivity index is 2.09. The largest absolute Gasteiger partial charge is 0.385 e. The minimum Gasteiger partial charge on any atom is -0.385 e. The van der Waals surface area contributed by atoms with Crippen molar-refractivity contribution in [3.05, 3.63) is 35.1 Å². The topological polar surface area (TPSA) is 51.2 Å². The van der Waals surface area contributed by atoms with E-state index < -0.39 is 0 Å². The lowest BCUT2D eigenvalue weighted by Crippen LogP contribution is -2.12. The lowest BCUT2D eigenvalue weighted by molar-refractivity contribution is -0.116. The molecule has 0 unspecified atom stereocenters. The Morgan fingerprint density at radius 3 is 2.95 bits per heavy atom. The number of hydrogen-bond acceptors (Lipinski definition) is 3. The predicted octanol–water partition coefficient (Wildman–Crippen LogP) is 3.75. The van der Waals surface area contributed by atoms with E-state index in [9.17, 15) is 4.79 Å². The van der Waals surface area contributed by atoms with E-state index in [1.807, 2.05) is 24.3 Å². The summed E-state index contributed by atoms with van der Waals surface area (Å²) >= 11 is 3.39. The third-order valence-electron chi connectivity index (χ3n) is 3.02. The van der Waals surface area contributed by atoms with Gasteiger partial charge in [0, 0.05) is 37.1 Å². The molecule has 4 nitrogen and oxygen atoms in total. The van der Waals surface area contributed by atoms with Gasteiger partial charge >= 0.3 is 0 Å². The van der Waals surface area contributed by atoms with Crippen LogP contribution in [0.1, 0.15) is 19.3 Å². The van der Waals surface area contributed by atoms with Gasteiger partial charge in [0.1, 0.15) is 4.60 Å². The Hall–Kier alpha value is -1.46. The second kappa shape index (κ2) is 7.36. The third-order valence-corrected chi connectivity index (χ3v) is 3.62. The summed E-state index contributed by atoms with van der Waals surface area (Å²) in [6.07, 6.45) is 3.97. The third kappa shape index (κ3) is 3.77. The van der Waals surface area contributed by atoms with Crippen LogP contribution in [0.5, 0.6) is 0 Å². The highest BCUT2D eigenvalue weighted by atomic mass is 79.9. The van der Waals surface area contributed by atoms with Gasteiger partial charge < -0.3 is 10.1 Å². The predicted molar refractivity (Wildman–Crippen MR) is 83.8 cm³/mol. The van der Waals surface area contributed by atoms with Crippen molar-refractivity contribution in [2.45, 2.75) is 19.3 Å². The van der Waals surface area contributed by atoms with Gasteiger partial charge in [0.15, 0.2) is 0 Å². The number of nitrogens with zero attached hydrogens (tertiary/aromatic N) is 1. The summed E-state index contributed by atoms with van der Waals surface area (Å²) in [7, 11) is 1.67. The number of halogens is 1. The Kier molecular flexibility index (Phi) is 5.49. The molecule has 0 bridgehead atoms. The molecule has 2 rings (SSSR count). The number of nitrogens with one attached hydrogen (secondary N) is 1. The second-order valence-corrected chi connectivity index (χ2v) is 5.26. The summed E-state index contributed by atoms with van der Waals surface area (Å²) in [4.78, 5) is 16.2. The van der Waals surface area contributed by atoms with Crippen molar-refractivity contribution in [2.24, 2.45) is 0 Å². The number of unbranched alkanes of at least 4 members (excludes halogenated alkanes) is 1. The smallest absolute Gasteiger partial charge is 0.224 e. The van der Waals surface area contributed by atoms with Crippen LogP contribution in [0.15, 0.2) is 35.1 Å². The number of methoxy groups -OCH3 is 1. The summed E-state index contributed by atoms with van der Waals surface area (Å²) in [6.45, 7) is 0.687. The summed E-state index contributed by atoms with van der Waals surface area (Å²) in [5.74, 6) is -0.0000406. The van der Waals surface area contributed by atoms with E-state index in [0.717, 1.165) is 29.3 Å². The van der Waals surface area contributed by atoms with Gasteiger partial charge in [-0.3, -0.25) is 4.79 Å². The summed E-state index contributed by atoms with van der Waals surface area (Å²) < 4.78 is 5.62. The number of anilines is 1. The van der Waals surface area contributed by atoms with Crippen LogP contribution in [0.3, 0.4) is 0 Å². The average molecular weight is 337 g/mol. The molecule has 1 N–H and O–H groups in total. The molecule has 0 atom stereocenters. The molecule has 1 aromatic heterocycles. The van der Waals surface area contributed by atoms with Crippen LogP contribution in [0, 0.1) is 0 Å². The highest BCUT2D eigenvalue weighted by Crippen LogP contribution is 2.29. The second-order valence-electron chi connectivity index (χ2n) is 4.51. The standard InChI is InChI=1S/C15H17BrN2O2/c1-20-9-5-4-8-13(19)18-14-12-7-3-2-6-11(12)10-17-15(14)16/h2-3,6-7,10H,4-5,8-9H2,1H3,(H,18,19). The van der Waals surface area contributed by atoms with Gasteiger partial charge in [-0.25, -0.2) is 4.98 Å². The van der Waals surface area contributed by atoms with Gasteiger partial charge in [-0.15, -0.1) is 0 Å². The van der Waals surface area contributed by atoms with Crippen LogP contribution in [0.25, 0.3) is 10.8 Å². The Bertz CT molecular complexity index is 601. The number of fused-ring (bicyclic) bond motifs is 1. The lowest BCUT2D eigenvalue weighted by Gasteiger charge is -2.10. The number of carbonyl (C=O) groups is 1. The minimum atomic E-state index is -0.0000406. The number of hydrogen-bond donors (Lipinski definition) is 1. The molecule has 2 aromatic rings. The lowest BCUT2D eigenvalue weighted by atomic mass is 10.1. The van der Waals surface area contributed by atoms with Crippen LogP contribution in [0.2, 0.25) is 0 Å². The molecular weight excluding hydrogens is 320 g/mol. The van der Waals surface area contributed by atoms with Crippen molar-refractivity contribution in [2.75, 3.05) is 19.0 Å². The van der Waals surface area contributed by atoms with Crippen LogP contribution in [-0.2, 0) is 9.53 Å². The highest BCUT2D eigenvalue weighted by Gasteiger charge is 2.10. The fraction of sp³-hybridized carbons (Fsp3) is 0.333. The number of rotatable bonds is 6. The Morgan fingerprint density at radius 2 is 2.15 bits per heavy atom. The SMILES string of the molecule is COCCCCC(=O)Nc1c(Br)ncc2ccccc12. The maximum Gasteiger partial charge on any atom is 0.224 e. The normalized spacial score (nSPS) is 10.7. The molecule has 0 fully saturated rings. The first-order valence-electron chi connectivity index (χ1n) is 6.54. The van der Waals surface area contributed by atoms with E-state index in [4.69, 9.17) is 4.74 Å². The molecule has 1 aromatic carbocycles. The zero-order chi connectivity index (χ0) is 14.4. The number of carbonyl (C=O) groups excluding carboxylic acids is 1. The van der Waals surface area contributed by atoms with Crippen molar-refractivity contribution in [3.63, 3.8) is 0 Å². The van der Waals surface area contributed by atoms with Crippen molar-refractivity contribution in [1.82, 2.24) is 4.98 Å². The van der Waals surface area contributed by atoms with E-state index in [0.29, 0.717) is 17.6 Å². The first-order valence-corrected chi connectivity index (χ1v) is 7.33. The first-order chi connectivity index (χ1) is 9.72. The number of benzene rings is 1. The molecule has 106 valence electrons. The van der Waals surface area contributed by atoms with Crippen molar-refractivity contribution in [1.29, 1.82) is 0 Å². The molecule has 0 aliphatic rings. The molecule has 0 saturated heterocycles. The quantitative estimate of drug-likeness (QED) is 0.645. The van der Waals surface area contributed by atoms with Crippen LogP contribution in [-0.4, -0.2) is 24.6 Å². The van der Waals surface area contributed by atoms with Crippen LogP contribution in [0.4, 0.5) is 5.69 Å². The maximum absolute atomic E-state index is 12.0. The monoisotopic (exact) mass is 336 g/mol. The highest BCUT2D eigenvalue weighted by molar-refractivity contribution is 9.10. The van der Waals surface area contributed by atoms with E-state index >= 15 is 0 Å². The molecule has 0 radical (unpaired) electrons. The Morgan fingerprint density at radius 1 is 1.35 bits per heavy atom. The molecule has 5 heteroatoms.